The summed E-state index contributed by atoms with van der Waals surface area (Å²) in [7, 11) is 0. The number of rotatable bonds is 5. The minimum Gasteiger partial charge on any atom is -0.476 e. The molecular formula is C10H12N2O3S2. The number of nitrogens with one attached hydrogen (secondary N) is 1. The van der Waals surface area contributed by atoms with Gasteiger partial charge in [-0.25, -0.2) is 9.78 Å². The van der Waals surface area contributed by atoms with Crippen molar-refractivity contribution in [2.45, 2.75) is 17.6 Å². The number of nitrogens with zero attached hydrogens (tertiary/aromatic N) is 1. The number of carbonyl (C=O) groups excluding carboxylic acids is 1. The number of carbonyl (C=O) groups is 2. The summed E-state index contributed by atoms with van der Waals surface area (Å²) < 4.78 is 0.197. The minimum absolute atomic E-state index is 0.0776. The van der Waals surface area contributed by atoms with Crippen LogP contribution in [0.5, 0.6) is 0 Å². The highest BCUT2D eigenvalue weighted by atomic mass is 32.2. The van der Waals surface area contributed by atoms with Gasteiger partial charge in [0.25, 0.3) is 5.91 Å². The maximum absolute atomic E-state index is 11.7. The third kappa shape index (κ3) is 2.78. The molecular weight excluding hydrogens is 260 g/mol. The van der Waals surface area contributed by atoms with Gasteiger partial charge in [-0.2, -0.15) is 11.8 Å². The molecule has 0 spiro atoms. The number of thiazole rings is 1. The van der Waals surface area contributed by atoms with Gasteiger partial charge in [0.2, 0.25) is 0 Å². The smallest absolute Gasteiger partial charge is 0.355 e. The van der Waals surface area contributed by atoms with E-state index in [-0.39, 0.29) is 21.4 Å². The molecule has 1 amide bonds. The van der Waals surface area contributed by atoms with E-state index in [0.717, 1.165) is 24.2 Å². The van der Waals surface area contributed by atoms with Crippen LogP contribution in [0.4, 0.5) is 0 Å². The van der Waals surface area contributed by atoms with Crippen LogP contribution in [0.3, 0.4) is 0 Å². The topological polar surface area (TPSA) is 79.3 Å². The molecule has 1 aromatic rings. The Morgan fingerprint density at radius 2 is 2.35 bits per heavy atom. The first-order chi connectivity index (χ1) is 8.06. The largest absolute Gasteiger partial charge is 0.476 e. The fourth-order valence-corrected chi connectivity index (χ4v) is 2.82. The molecule has 0 bridgehead atoms. The molecule has 92 valence electrons. The van der Waals surface area contributed by atoms with Crippen molar-refractivity contribution in [1.82, 2.24) is 10.3 Å². The van der Waals surface area contributed by atoms with Crippen molar-refractivity contribution in [1.29, 1.82) is 0 Å². The summed E-state index contributed by atoms with van der Waals surface area (Å²) >= 11 is 2.81. The molecule has 7 heteroatoms. The van der Waals surface area contributed by atoms with Gasteiger partial charge in [-0.3, -0.25) is 4.79 Å². The zero-order valence-electron chi connectivity index (χ0n) is 9.23. The van der Waals surface area contributed by atoms with Gasteiger partial charge in [-0.05, 0) is 19.1 Å². The molecule has 1 heterocycles. The van der Waals surface area contributed by atoms with Gasteiger partial charge < -0.3 is 10.4 Å². The van der Waals surface area contributed by atoms with Crippen molar-refractivity contribution >= 4 is 35.0 Å². The molecule has 1 fully saturated rings. The Kier molecular flexibility index (Phi) is 3.39. The van der Waals surface area contributed by atoms with E-state index in [1.165, 1.54) is 5.38 Å². The van der Waals surface area contributed by atoms with E-state index < -0.39 is 5.97 Å². The standard InChI is InChI=1S/C10H12N2O3S2/c1-16-10(2-3-10)5-11-7(13)8-12-6(4-17-8)9(14)15/h4H,2-3,5H2,1H3,(H,11,13)(H,14,15). The third-order valence-electron chi connectivity index (χ3n) is 2.73. The Morgan fingerprint density at radius 3 is 2.82 bits per heavy atom. The second-order valence-corrected chi connectivity index (χ2v) is 6.05. The molecule has 1 aliphatic rings. The van der Waals surface area contributed by atoms with Gasteiger partial charge in [0.15, 0.2) is 10.7 Å². The Balaban J connectivity index is 1.93. The summed E-state index contributed by atoms with van der Waals surface area (Å²) in [6, 6.07) is 0. The summed E-state index contributed by atoms with van der Waals surface area (Å²) in [6.07, 6.45) is 4.27. The molecule has 0 atom stereocenters. The van der Waals surface area contributed by atoms with Crippen LogP contribution in [0.25, 0.3) is 0 Å². The van der Waals surface area contributed by atoms with Crippen molar-refractivity contribution in [2.24, 2.45) is 0 Å². The van der Waals surface area contributed by atoms with Crippen LogP contribution >= 0.6 is 23.1 Å². The number of amides is 1. The molecule has 17 heavy (non-hydrogen) atoms. The summed E-state index contributed by atoms with van der Waals surface area (Å²) in [5.41, 5.74) is -0.0776. The molecule has 1 aromatic heterocycles. The van der Waals surface area contributed by atoms with E-state index in [1.807, 2.05) is 6.26 Å². The lowest BCUT2D eigenvalue weighted by molar-refractivity contribution is 0.0691. The van der Waals surface area contributed by atoms with Crippen LogP contribution < -0.4 is 5.32 Å². The predicted molar refractivity (Wildman–Crippen MR) is 66.9 cm³/mol. The Labute approximate surface area is 107 Å². The van der Waals surface area contributed by atoms with Crippen molar-refractivity contribution in [3.05, 3.63) is 16.1 Å². The minimum atomic E-state index is -1.11. The van der Waals surface area contributed by atoms with Gasteiger partial charge in [0.1, 0.15) is 0 Å². The quantitative estimate of drug-likeness (QED) is 0.848. The number of carboxylic acids is 1. The van der Waals surface area contributed by atoms with E-state index in [2.05, 4.69) is 10.3 Å². The normalized spacial score (nSPS) is 16.5. The SMILES string of the molecule is CSC1(CNC(=O)c2nc(C(=O)O)cs2)CC1. The predicted octanol–water partition coefficient (Wildman–Crippen LogP) is 1.47. The first-order valence-corrected chi connectivity index (χ1v) is 7.19. The molecule has 0 unspecified atom stereocenters. The summed E-state index contributed by atoms with van der Waals surface area (Å²) in [4.78, 5) is 26.1. The highest BCUT2D eigenvalue weighted by Gasteiger charge is 2.42. The number of hydrogen-bond acceptors (Lipinski definition) is 5. The third-order valence-corrected chi connectivity index (χ3v) is 4.99. The van der Waals surface area contributed by atoms with Crippen LogP contribution in [0.1, 0.15) is 33.1 Å². The summed E-state index contributed by atoms with van der Waals surface area (Å²) in [5.74, 6) is -1.40. The Bertz CT molecular complexity index is 454. The highest BCUT2D eigenvalue weighted by Crippen LogP contribution is 2.46. The summed E-state index contributed by atoms with van der Waals surface area (Å²) in [6.45, 7) is 0.620. The maximum atomic E-state index is 11.7. The number of aromatic nitrogens is 1. The number of thioether (sulfide) groups is 1. The average molecular weight is 272 g/mol. The van der Waals surface area contributed by atoms with E-state index in [9.17, 15) is 9.59 Å². The van der Waals surface area contributed by atoms with Gasteiger partial charge >= 0.3 is 5.97 Å². The van der Waals surface area contributed by atoms with Crippen molar-refractivity contribution < 1.29 is 14.7 Å². The molecule has 2 N–H and O–H groups in total. The lowest BCUT2D eigenvalue weighted by atomic mass is 10.4. The average Bonchev–Trinajstić information content (AvgIpc) is 2.92. The number of hydrogen-bond donors (Lipinski definition) is 2. The van der Waals surface area contributed by atoms with E-state index in [1.54, 1.807) is 11.8 Å². The molecule has 0 aromatic carbocycles. The van der Waals surface area contributed by atoms with Crippen LogP contribution in [0.15, 0.2) is 5.38 Å². The molecule has 0 aliphatic heterocycles. The van der Waals surface area contributed by atoms with Crippen molar-refractivity contribution in [2.75, 3.05) is 12.8 Å². The fourth-order valence-electron chi connectivity index (χ4n) is 1.39. The van der Waals surface area contributed by atoms with Crippen LogP contribution in [0.2, 0.25) is 0 Å². The van der Waals surface area contributed by atoms with E-state index in [0.29, 0.717) is 6.54 Å². The fraction of sp³-hybridized carbons (Fsp3) is 0.500. The highest BCUT2D eigenvalue weighted by molar-refractivity contribution is 8.00. The van der Waals surface area contributed by atoms with Gasteiger partial charge in [0.05, 0.1) is 0 Å². The Morgan fingerprint density at radius 1 is 1.65 bits per heavy atom. The van der Waals surface area contributed by atoms with Gasteiger partial charge in [-0.15, -0.1) is 11.3 Å². The maximum Gasteiger partial charge on any atom is 0.355 e. The van der Waals surface area contributed by atoms with Crippen LogP contribution in [-0.4, -0.2) is 39.5 Å². The van der Waals surface area contributed by atoms with E-state index in [4.69, 9.17) is 5.11 Å². The van der Waals surface area contributed by atoms with Crippen LogP contribution in [0, 0.1) is 0 Å². The zero-order chi connectivity index (χ0) is 12.5. The molecule has 0 saturated heterocycles. The van der Waals surface area contributed by atoms with Gasteiger partial charge in [0, 0.05) is 16.7 Å². The molecule has 0 radical (unpaired) electrons. The second-order valence-electron chi connectivity index (χ2n) is 3.91. The first kappa shape index (κ1) is 12.4. The van der Waals surface area contributed by atoms with Gasteiger partial charge in [-0.1, -0.05) is 0 Å². The molecule has 2 rings (SSSR count). The molecule has 1 aliphatic carbocycles. The van der Waals surface area contributed by atoms with Crippen molar-refractivity contribution in [3.8, 4) is 0 Å². The Hall–Kier alpha value is -1.08. The van der Waals surface area contributed by atoms with Crippen molar-refractivity contribution in [3.63, 3.8) is 0 Å². The number of aromatic carboxylic acids is 1. The second kappa shape index (κ2) is 4.66. The van der Waals surface area contributed by atoms with Crippen LogP contribution in [-0.2, 0) is 0 Å². The summed E-state index contributed by atoms with van der Waals surface area (Å²) in [5, 5.41) is 13.1. The monoisotopic (exact) mass is 272 g/mol. The molecule has 1 saturated carbocycles. The van der Waals surface area contributed by atoms with E-state index >= 15 is 0 Å². The lowest BCUT2D eigenvalue weighted by Gasteiger charge is -2.11. The first-order valence-electron chi connectivity index (χ1n) is 5.08. The lowest BCUT2D eigenvalue weighted by Crippen LogP contribution is -2.31. The number of carboxylic acid groups (broad SMARTS) is 1. The zero-order valence-corrected chi connectivity index (χ0v) is 10.9. The molecule has 5 nitrogen and oxygen atoms in total.